The van der Waals surface area contributed by atoms with Crippen LogP contribution in [0.3, 0.4) is 0 Å². The molecule has 0 aliphatic rings. The van der Waals surface area contributed by atoms with Gasteiger partial charge in [-0.15, -0.1) is 11.3 Å². The number of amides is 1. The minimum Gasteiger partial charge on any atom is -0.398 e. The zero-order chi connectivity index (χ0) is 13.8. The number of rotatable bonds is 4. The van der Waals surface area contributed by atoms with Crippen LogP contribution >= 0.6 is 11.3 Å². The van der Waals surface area contributed by atoms with E-state index < -0.39 is 5.82 Å². The van der Waals surface area contributed by atoms with Gasteiger partial charge in [0.2, 0.25) is 0 Å². The Morgan fingerprint density at radius 3 is 2.89 bits per heavy atom. The molecule has 1 aromatic carbocycles. The molecule has 1 unspecified atom stereocenters. The molecule has 1 heterocycles. The molecule has 1 aromatic heterocycles. The quantitative estimate of drug-likeness (QED) is 0.843. The van der Waals surface area contributed by atoms with Gasteiger partial charge in [0.1, 0.15) is 5.82 Å². The lowest BCUT2D eigenvalue weighted by Gasteiger charge is -2.16. The number of thiophene rings is 1. The fraction of sp³-hybridized carbons (Fsp3) is 0.214. The number of anilines is 1. The van der Waals surface area contributed by atoms with E-state index in [0.29, 0.717) is 0 Å². The Bertz CT molecular complexity index is 569. The number of nitrogens with one attached hydrogen (secondary N) is 1. The van der Waals surface area contributed by atoms with Gasteiger partial charge in [-0.2, -0.15) is 0 Å². The minimum absolute atomic E-state index is 0.0739. The van der Waals surface area contributed by atoms with Gasteiger partial charge in [-0.1, -0.05) is 13.0 Å². The number of nitrogen functional groups attached to an aromatic ring is 1. The number of benzene rings is 1. The third-order valence-corrected chi connectivity index (χ3v) is 3.85. The SMILES string of the molecule is CCC(NC(=O)c1cc(F)ccc1N)c1cccs1. The molecule has 1 atom stereocenters. The van der Waals surface area contributed by atoms with Crippen LogP contribution in [0.5, 0.6) is 0 Å². The maximum absolute atomic E-state index is 13.2. The molecule has 0 saturated carbocycles. The van der Waals surface area contributed by atoms with E-state index in [-0.39, 0.29) is 23.2 Å². The fourth-order valence-electron chi connectivity index (χ4n) is 1.83. The summed E-state index contributed by atoms with van der Waals surface area (Å²) >= 11 is 1.58. The van der Waals surface area contributed by atoms with Gasteiger partial charge in [0, 0.05) is 10.6 Å². The Morgan fingerprint density at radius 2 is 2.26 bits per heavy atom. The Morgan fingerprint density at radius 1 is 1.47 bits per heavy atom. The molecule has 0 fully saturated rings. The summed E-state index contributed by atoms with van der Waals surface area (Å²) in [4.78, 5) is 13.2. The topological polar surface area (TPSA) is 55.1 Å². The van der Waals surface area contributed by atoms with Crippen LogP contribution in [0.4, 0.5) is 10.1 Å². The largest absolute Gasteiger partial charge is 0.398 e. The number of carbonyl (C=O) groups is 1. The lowest BCUT2D eigenvalue weighted by atomic mass is 10.1. The molecule has 0 bridgehead atoms. The number of hydrogen-bond donors (Lipinski definition) is 2. The average molecular weight is 278 g/mol. The van der Waals surface area contributed by atoms with E-state index in [2.05, 4.69) is 5.32 Å². The van der Waals surface area contributed by atoms with E-state index in [1.165, 1.54) is 12.1 Å². The van der Waals surface area contributed by atoms with Gasteiger partial charge in [0.25, 0.3) is 5.91 Å². The van der Waals surface area contributed by atoms with Crippen LogP contribution in [-0.2, 0) is 0 Å². The Balaban J connectivity index is 2.18. The zero-order valence-corrected chi connectivity index (χ0v) is 11.3. The maximum Gasteiger partial charge on any atom is 0.253 e. The highest BCUT2D eigenvalue weighted by Crippen LogP contribution is 2.23. The highest BCUT2D eigenvalue weighted by atomic mass is 32.1. The van der Waals surface area contributed by atoms with Crippen molar-refractivity contribution in [2.45, 2.75) is 19.4 Å². The maximum atomic E-state index is 13.2. The first-order valence-corrected chi connectivity index (χ1v) is 6.89. The molecule has 0 radical (unpaired) electrons. The summed E-state index contributed by atoms with van der Waals surface area (Å²) in [5.74, 6) is -0.819. The fourth-order valence-corrected chi connectivity index (χ4v) is 2.69. The van der Waals surface area contributed by atoms with E-state index in [1.54, 1.807) is 11.3 Å². The number of nitrogens with two attached hydrogens (primary N) is 1. The lowest BCUT2D eigenvalue weighted by Crippen LogP contribution is -2.28. The number of hydrogen-bond acceptors (Lipinski definition) is 3. The summed E-state index contributed by atoms with van der Waals surface area (Å²) in [6.07, 6.45) is 0.765. The lowest BCUT2D eigenvalue weighted by molar-refractivity contribution is 0.0936. The van der Waals surface area contributed by atoms with Crippen molar-refractivity contribution in [2.75, 3.05) is 5.73 Å². The van der Waals surface area contributed by atoms with E-state index >= 15 is 0 Å². The second-order valence-corrected chi connectivity index (χ2v) is 5.16. The van der Waals surface area contributed by atoms with Crippen molar-refractivity contribution < 1.29 is 9.18 Å². The van der Waals surface area contributed by atoms with Crippen molar-refractivity contribution in [1.82, 2.24) is 5.32 Å². The molecular weight excluding hydrogens is 263 g/mol. The van der Waals surface area contributed by atoms with Crippen LogP contribution < -0.4 is 11.1 Å². The smallest absolute Gasteiger partial charge is 0.253 e. The van der Waals surface area contributed by atoms with Crippen LogP contribution in [0.15, 0.2) is 35.7 Å². The molecule has 3 N–H and O–H groups in total. The molecule has 5 heteroatoms. The van der Waals surface area contributed by atoms with Gasteiger partial charge in [-0.25, -0.2) is 4.39 Å². The highest BCUT2D eigenvalue weighted by Gasteiger charge is 2.17. The normalized spacial score (nSPS) is 12.1. The average Bonchev–Trinajstić information content (AvgIpc) is 2.92. The van der Waals surface area contributed by atoms with Crippen molar-refractivity contribution in [3.8, 4) is 0 Å². The third kappa shape index (κ3) is 3.12. The van der Waals surface area contributed by atoms with Crippen molar-refractivity contribution in [1.29, 1.82) is 0 Å². The van der Waals surface area contributed by atoms with Crippen LogP contribution in [0.25, 0.3) is 0 Å². The van der Waals surface area contributed by atoms with Gasteiger partial charge in [0.05, 0.1) is 11.6 Å². The summed E-state index contributed by atoms with van der Waals surface area (Å²) in [6, 6.07) is 7.62. The number of carbonyl (C=O) groups excluding carboxylic acids is 1. The third-order valence-electron chi connectivity index (χ3n) is 2.86. The van der Waals surface area contributed by atoms with Crippen LogP contribution in [-0.4, -0.2) is 5.91 Å². The first-order valence-electron chi connectivity index (χ1n) is 6.01. The molecule has 0 saturated heterocycles. The second kappa shape index (κ2) is 5.84. The molecule has 0 aliphatic heterocycles. The van der Waals surface area contributed by atoms with Crippen LogP contribution in [0.2, 0.25) is 0 Å². The summed E-state index contributed by atoms with van der Waals surface area (Å²) in [7, 11) is 0. The van der Waals surface area contributed by atoms with E-state index in [1.807, 2.05) is 24.4 Å². The first-order chi connectivity index (χ1) is 9.11. The van der Waals surface area contributed by atoms with Crippen molar-refractivity contribution in [3.05, 3.63) is 52.0 Å². The van der Waals surface area contributed by atoms with Gasteiger partial charge < -0.3 is 11.1 Å². The van der Waals surface area contributed by atoms with Crippen molar-refractivity contribution in [3.63, 3.8) is 0 Å². The predicted molar refractivity (Wildman–Crippen MR) is 75.6 cm³/mol. The van der Waals surface area contributed by atoms with E-state index in [4.69, 9.17) is 5.73 Å². The molecule has 0 aliphatic carbocycles. The summed E-state index contributed by atoms with van der Waals surface area (Å²) in [5, 5.41) is 4.84. The zero-order valence-electron chi connectivity index (χ0n) is 10.5. The summed E-state index contributed by atoms with van der Waals surface area (Å²) in [6.45, 7) is 1.99. The summed E-state index contributed by atoms with van der Waals surface area (Å²) < 4.78 is 13.2. The van der Waals surface area contributed by atoms with Gasteiger partial charge in [-0.05, 0) is 36.1 Å². The monoisotopic (exact) mass is 278 g/mol. The minimum atomic E-state index is -0.469. The summed E-state index contributed by atoms with van der Waals surface area (Å²) in [5.41, 5.74) is 6.15. The van der Waals surface area contributed by atoms with Gasteiger partial charge >= 0.3 is 0 Å². The van der Waals surface area contributed by atoms with Gasteiger partial charge in [0.15, 0.2) is 0 Å². The van der Waals surface area contributed by atoms with Gasteiger partial charge in [-0.3, -0.25) is 4.79 Å². The Hall–Kier alpha value is -1.88. The van der Waals surface area contributed by atoms with Crippen molar-refractivity contribution >= 4 is 22.9 Å². The molecule has 100 valence electrons. The number of halogens is 1. The van der Waals surface area contributed by atoms with Crippen LogP contribution in [0, 0.1) is 5.82 Å². The predicted octanol–water partition coefficient (Wildman–Crippen LogP) is 3.35. The Kier molecular flexibility index (Phi) is 4.16. The van der Waals surface area contributed by atoms with Crippen molar-refractivity contribution in [2.24, 2.45) is 0 Å². The molecule has 19 heavy (non-hydrogen) atoms. The van der Waals surface area contributed by atoms with E-state index in [0.717, 1.165) is 17.4 Å². The molecule has 1 amide bonds. The second-order valence-electron chi connectivity index (χ2n) is 4.18. The first kappa shape index (κ1) is 13.5. The highest BCUT2D eigenvalue weighted by molar-refractivity contribution is 7.10. The molecule has 2 aromatic rings. The molecule has 0 spiro atoms. The molecular formula is C14H15FN2OS. The van der Waals surface area contributed by atoms with E-state index in [9.17, 15) is 9.18 Å². The van der Waals surface area contributed by atoms with Crippen LogP contribution in [0.1, 0.15) is 34.6 Å². The molecule has 2 rings (SSSR count). The Labute approximate surface area is 115 Å². The standard InChI is InChI=1S/C14H15FN2OS/c1-2-12(13-4-3-7-19-13)17-14(18)10-8-9(15)5-6-11(10)16/h3-8,12H,2,16H2,1H3,(H,17,18). The molecule has 3 nitrogen and oxygen atoms in total.